The first-order valence-corrected chi connectivity index (χ1v) is 7.18. The molecule has 0 aliphatic rings. The van der Waals surface area contributed by atoms with Crippen molar-refractivity contribution in [3.05, 3.63) is 65.2 Å². The number of amides is 2. The van der Waals surface area contributed by atoms with Crippen molar-refractivity contribution in [2.75, 3.05) is 5.32 Å². The average Bonchev–Trinajstić information content (AvgIpc) is 2.57. The molecular weight excluding hydrogens is 316 g/mol. The molecule has 124 valence electrons. The molecule has 0 atom stereocenters. The minimum absolute atomic E-state index is 0.180. The number of benzene rings is 2. The van der Waals surface area contributed by atoms with Crippen LogP contribution in [0, 0.1) is 11.6 Å². The third-order valence-corrected chi connectivity index (χ3v) is 3.09. The summed E-state index contributed by atoms with van der Waals surface area (Å²) in [5.74, 6) is -2.31. The van der Waals surface area contributed by atoms with E-state index in [1.165, 1.54) is 18.2 Å². The zero-order valence-corrected chi connectivity index (χ0v) is 12.8. The number of hydrogen-bond donors (Lipinski definition) is 2. The van der Waals surface area contributed by atoms with Gasteiger partial charge in [0.15, 0.2) is 0 Å². The van der Waals surface area contributed by atoms with E-state index in [9.17, 15) is 18.4 Å². The van der Waals surface area contributed by atoms with Crippen LogP contribution in [-0.4, -0.2) is 18.0 Å². The van der Waals surface area contributed by atoms with Gasteiger partial charge in [-0.3, -0.25) is 9.59 Å². The summed E-state index contributed by atoms with van der Waals surface area (Å²) in [6.07, 6.45) is 1.21. The molecule has 2 aromatic carbocycles. The normalized spacial score (nSPS) is 10.6. The Balaban J connectivity index is 2.06. The van der Waals surface area contributed by atoms with Crippen molar-refractivity contribution in [2.24, 2.45) is 5.10 Å². The molecule has 0 radical (unpaired) electrons. The number of nitrogens with one attached hydrogen (secondary N) is 2. The molecule has 0 aromatic heterocycles. The van der Waals surface area contributed by atoms with Gasteiger partial charge in [-0.05, 0) is 30.3 Å². The third kappa shape index (κ3) is 4.45. The Kier molecular flexibility index (Phi) is 5.73. The maximum atomic E-state index is 13.4. The smallest absolute Gasteiger partial charge is 0.271 e. The molecule has 2 amide bonds. The SMILES string of the molecule is CCC(=O)Nc1cccc(C(=O)NN=Cc2c(F)cccc2F)c1. The molecule has 2 N–H and O–H groups in total. The average molecular weight is 331 g/mol. The molecule has 0 spiro atoms. The fourth-order valence-corrected chi connectivity index (χ4v) is 1.84. The summed E-state index contributed by atoms with van der Waals surface area (Å²) < 4.78 is 26.8. The van der Waals surface area contributed by atoms with Crippen LogP contribution in [0.4, 0.5) is 14.5 Å². The molecule has 7 heteroatoms. The number of hydrogen-bond acceptors (Lipinski definition) is 3. The Bertz CT molecular complexity index is 771. The van der Waals surface area contributed by atoms with Gasteiger partial charge in [0.1, 0.15) is 11.6 Å². The van der Waals surface area contributed by atoms with Gasteiger partial charge in [-0.2, -0.15) is 5.10 Å². The number of halogens is 2. The Morgan fingerprint density at radius 1 is 1.12 bits per heavy atom. The van der Waals surface area contributed by atoms with Crippen molar-refractivity contribution >= 4 is 23.7 Å². The van der Waals surface area contributed by atoms with E-state index in [4.69, 9.17) is 0 Å². The lowest BCUT2D eigenvalue weighted by atomic mass is 10.2. The monoisotopic (exact) mass is 331 g/mol. The summed E-state index contributed by atoms with van der Waals surface area (Å²) >= 11 is 0. The predicted molar refractivity (Wildman–Crippen MR) is 86.8 cm³/mol. The number of hydrazone groups is 1. The highest BCUT2D eigenvalue weighted by atomic mass is 19.1. The van der Waals surface area contributed by atoms with Gasteiger partial charge < -0.3 is 5.32 Å². The maximum absolute atomic E-state index is 13.4. The highest BCUT2D eigenvalue weighted by molar-refractivity contribution is 5.97. The molecule has 0 heterocycles. The third-order valence-electron chi connectivity index (χ3n) is 3.09. The molecule has 2 rings (SSSR count). The van der Waals surface area contributed by atoms with Crippen molar-refractivity contribution < 1.29 is 18.4 Å². The minimum atomic E-state index is -0.780. The van der Waals surface area contributed by atoms with Crippen molar-refractivity contribution in [2.45, 2.75) is 13.3 Å². The fourth-order valence-electron chi connectivity index (χ4n) is 1.84. The highest BCUT2D eigenvalue weighted by Gasteiger charge is 2.08. The van der Waals surface area contributed by atoms with Crippen LogP contribution >= 0.6 is 0 Å². The Morgan fingerprint density at radius 2 is 1.79 bits per heavy atom. The van der Waals surface area contributed by atoms with Crippen LogP contribution in [0.5, 0.6) is 0 Å². The van der Waals surface area contributed by atoms with Gasteiger partial charge in [0.2, 0.25) is 5.91 Å². The first-order chi connectivity index (χ1) is 11.5. The summed E-state index contributed by atoms with van der Waals surface area (Å²) in [7, 11) is 0. The van der Waals surface area contributed by atoms with Gasteiger partial charge in [0.05, 0.1) is 11.8 Å². The summed E-state index contributed by atoms with van der Waals surface area (Å²) in [5.41, 5.74) is 2.55. The lowest BCUT2D eigenvalue weighted by Gasteiger charge is -2.05. The van der Waals surface area contributed by atoms with Crippen LogP contribution in [0.25, 0.3) is 0 Å². The van der Waals surface area contributed by atoms with Crippen LogP contribution in [0.3, 0.4) is 0 Å². The topological polar surface area (TPSA) is 70.6 Å². The first kappa shape index (κ1) is 17.3. The summed E-state index contributed by atoms with van der Waals surface area (Å²) in [6, 6.07) is 9.65. The standard InChI is InChI=1S/C17H15F2N3O2/c1-2-16(23)21-12-6-3-5-11(9-12)17(24)22-20-10-13-14(18)7-4-8-15(13)19/h3-10H,2H2,1H3,(H,21,23)(H,22,24). The molecule has 0 saturated heterocycles. The zero-order valence-electron chi connectivity index (χ0n) is 12.8. The second-order valence-corrected chi connectivity index (χ2v) is 4.82. The number of nitrogens with zero attached hydrogens (tertiary/aromatic N) is 1. The van der Waals surface area contributed by atoms with Crippen LogP contribution in [0.15, 0.2) is 47.6 Å². The van der Waals surface area contributed by atoms with Crippen LogP contribution in [0.2, 0.25) is 0 Å². The quantitative estimate of drug-likeness (QED) is 0.653. The van der Waals surface area contributed by atoms with Crippen molar-refractivity contribution in [3.8, 4) is 0 Å². The Hall–Kier alpha value is -3.09. The summed E-state index contributed by atoms with van der Waals surface area (Å²) in [4.78, 5) is 23.3. The number of carbonyl (C=O) groups is 2. The molecule has 0 saturated carbocycles. The second kappa shape index (κ2) is 7.96. The van der Waals surface area contributed by atoms with Gasteiger partial charge in [-0.1, -0.05) is 19.1 Å². The van der Waals surface area contributed by atoms with E-state index in [1.807, 2.05) is 0 Å². The lowest BCUT2D eigenvalue weighted by Crippen LogP contribution is -2.18. The molecule has 0 unspecified atom stereocenters. The largest absolute Gasteiger partial charge is 0.326 e. The summed E-state index contributed by atoms with van der Waals surface area (Å²) in [5, 5.41) is 6.18. The minimum Gasteiger partial charge on any atom is -0.326 e. The van der Waals surface area contributed by atoms with Gasteiger partial charge in [0.25, 0.3) is 5.91 Å². The zero-order chi connectivity index (χ0) is 17.5. The fraction of sp³-hybridized carbons (Fsp3) is 0.118. The van der Waals surface area contributed by atoms with Crippen LogP contribution in [-0.2, 0) is 4.79 Å². The van der Waals surface area contributed by atoms with E-state index in [2.05, 4.69) is 15.8 Å². The molecule has 0 fully saturated rings. The molecular formula is C17H15F2N3O2. The Morgan fingerprint density at radius 3 is 2.46 bits per heavy atom. The van der Waals surface area contributed by atoms with E-state index in [-0.39, 0.29) is 17.0 Å². The number of carbonyl (C=O) groups excluding carboxylic acids is 2. The first-order valence-electron chi connectivity index (χ1n) is 7.18. The molecule has 2 aromatic rings. The van der Waals surface area contributed by atoms with Crippen LogP contribution < -0.4 is 10.7 Å². The van der Waals surface area contributed by atoms with E-state index in [1.54, 1.807) is 19.1 Å². The molecule has 0 aliphatic heterocycles. The van der Waals surface area contributed by atoms with E-state index >= 15 is 0 Å². The van der Waals surface area contributed by atoms with Gasteiger partial charge in [0, 0.05) is 17.7 Å². The second-order valence-electron chi connectivity index (χ2n) is 4.82. The van der Waals surface area contributed by atoms with Gasteiger partial charge in [-0.25, -0.2) is 14.2 Å². The highest BCUT2D eigenvalue weighted by Crippen LogP contribution is 2.11. The Labute approximate surface area is 137 Å². The maximum Gasteiger partial charge on any atom is 0.271 e. The summed E-state index contributed by atoms with van der Waals surface area (Å²) in [6.45, 7) is 1.71. The van der Waals surface area contributed by atoms with Crippen LogP contribution in [0.1, 0.15) is 29.3 Å². The van der Waals surface area contributed by atoms with Crippen molar-refractivity contribution in [1.82, 2.24) is 5.43 Å². The van der Waals surface area contributed by atoms with Gasteiger partial charge >= 0.3 is 0 Å². The number of anilines is 1. The van der Waals surface area contributed by atoms with Crippen molar-refractivity contribution in [1.29, 1.82) is 0 Å². The number of rotatable bonds is 5. The lowest BCUT2D eigenvalue weighted by molar-refractivity contribution is -0.115. The molecule has 24 heavy (non-hydrogen) atoms. The molecule has 5 nitrogen and oxygen atoms in total. The molecule has 0 bridgehead atoms. The molecule has 0 aliphatic carbocycles. The van der Waals surface area contributed by atoms with Gasteiger partial charge in [-0.15, -0.1) is 0 Å². The van der Waals surface area contributed by atoms with E-state index < -0.39 is 17.5 Å². The van der Waals surface area contributed by atoms with Crippen molar-refractivity contribution in [3.63, 3.8) is 0 Å². The predicted octanol–water partition coefficient (Wildman–Crippen LogP) is 3.08. The van der Waals surface area contributed by atoms with E-state index in [0.717, 1.165) is 18.3 Å². The van der Waals surface area contributed by atoms with E-state index in [0.29, 0.717) is 12.1 Å².